The maximum absolute atomic E-state index is 12.7. The standard InChI is InChI=1S/C33H41N3O3/c1-33(2,3)34-24-25-15-17-27(18-16-25)31(37)14-9-21-36-22-19-28(20-23-36)39-32(38)35-30-13-8-7-12-29(30)26-10-5-4-6-11-26/h4-8,10-13,15-18,28,34H,9,14,19-24H2,1-3H3,(H,35,38). The Hall–Kier alpha value is -3.48. The van der Waals surface area contributed by atoms with Crippen LogP contribution in [0.25, 0.3) is 11.1 Å². The van der Waals surface area contributed by atoms with Crippen LogP contribution in [0.4, 0.5) is 10.5 Å². The fourth-order valence-corrected chi connectivity index (χ4v) is 4.79. The topological polar surface area (TPSA) is 70.7 Å². The first-order chi connectivity index (χ1) is 18.8. The molecule has 1 aliphatic rings. The molecule has 1 fully saturated rings. The highest BCUT2D eigenvalue weighted by Gasteiger charge is 2.23. The quantitative estimate of drug-likeness (QED) is 0.280. The summed E-state index contributed by atoms with van der Waals surface area (Å²) in [6.45, 7) is 9.83. The van der Waals surface area contributed by atoms with E-state index < -0.39 is 6.09 Å². The van der Waals surface area contributed by atoms with Crippen LogP contribution < -0.4 is 10.6 Å². The van der Waals surface area contributed by atoms with Gasteiger partial charge < -0.3 is 15.0 Å². The summed E-state index contributed by atoms with van der Waals surface area (Å²) in [7, 11) is 0. The molecule has 2 N–H and O–H groups in total. The number of carbonyl (C=O) groups is 2. The Morgan fingerprint density at radius 2 is 1.56 bits per heavy atom. The first kappa shape index (κ1) is 28.5. The van der Waals surface area contributed by atoms with Crippen LogP contribution in [-0.2, 0) is 11.3 Å². The molecule has 0 unspecified atom stereocenters. The Balaban J connectivity index is 1.15. The molecule has 39 heavy (non-hydrogen) atoms. The van der Waals surface area contributed by atoms with Gasteiger partial charge in [-0.2, -0.15) is 0 Å². The normalized spacial score (nSPS) is 14.6. The van der Waals surface area contributed by atoms with Gasteiger partial charge in [-0.1, -0.05) is 72.8 Å². The minimum absolute atomic E-state index is 0.0657. The van der Waals surface area contributed by atoms with E-state index in [4.69, 9.17) is 4.74 Å². The second-order valence-electron chi connectivity index (χ2n) is 11.3. The van der Waals surface area contributed by atoms with Crippen LogP contribution in [0.15, 0.2) is 78.9 Å². The fourth-order valence-electron chi connectivity index (χ4n) is 4.79. The Morgan fingerprint density at radius 1 is 0.897 bits per heavy atom. The number of rotatable bonds is 10. The van der Waals surface area contributed by atoms with E-state index in [9.17, 15) is 9.59 Å². The van der Waals surface area contributed by atoms with Crippen molar-refractivity contribution in [2.24, 2.45) is 0 Å². The largest absolute Gasteiger partial charge is 0.446 e. The van der Waals surface area contributed by atoms with E-state index >= 15 is 0 Å². The molecule has 0 saturated carbocycles. The molecule has 1 amide bonds. The first-order valence-corrected chi connectivity index (χ1v) is 14.0. The SMILES string of the molecule is CC(C)(C)NCc1ccc(C(=O)CCCN2CCC(OC(=O)Nc3ccccc3-c3ccccc3)CC2)cc1. The lowest BCUT2D eigenvalue weighted by Crippen LogP contribution is -2.39. The maximum Gasteiger partial charge on any atom is 0.411 e. The van der Waals surface area contributed by atoms with E-state index in [0.29, 0.717) is 6.42 Å². The lowest BCUT2D eigenvalue weighted by atomic mass is 10.0. The average molecular weight is 528 g/mol. The van der Waals surface area contributed by atoms with Crippen molar-refractivity contribution in [3.05, 3.63) is 90.0 Å². The highest BCUT2D eigenvalue weighted by atomic mass is 16.6. The molecular formula is C33H41N3O3. The maximum atomic E-state index is 12.7. The van der Waals surface area contributed by atoms with Crippen LogP contribution in [0.5, 0.6) is 0 Å². The van der Waals surface area contributed by atoms with Crippen molar-refractivity contribution in [3.8, 4) is 11.1 Å². The number of piperidine rings is 1. The second kappa shape index (κ2) is 13.5. The van der Waals surface area contributed by atoms with Gasteiger partial charge >= 0.3 is 6.09 Å². The highest BCUT2D eigenvalue weighted by Crippen LogP contribution is 2.28. The molecule has 0 spiro atoms. The van der Waals surface area contributed by atoms with Gasteiger partial charge in [-0.3, -0.25) is 10.1 Å². The van der Waals surface area contributed by atoms with Crippen molar-refractivity contribution in [1.82, 2.24) is 10.2 Å². The molecule has 1 saturated heterocycles. The number of benzene rings is 3. The minimum Gasteiger partial charge on any atom is -0.446 e. The van der Waals surface area contributed by atoms with Gasteiger partial charge in [0.1, 0.15) is 6.10 Å². The summed E-state index contributed by atoms with van der Waals surface area (Å²) in [5.74, 6) is 0.191. The predicted molar refractivity (Wildman–Crippen MR) is 158 cm³/mol. The van der Waals surface area contributed by atoms with Crippen LogP contribution in [0, 0.1) is 0 Å². The Morgan fingerprint density at radius 3 is 2.26 bits per heavy atom. The summed E-state index contributed by atoms with van der Waals surface area (Å²) in [6, 6.07) is 25.7. The number of anilines is 1. The number of para-hydroxylation sites is 1. The van der Waals surface area contributed by atoms with Gasteiger partial charge in [-0.05, 0) is 63.8 Å². The number of likely N-dealkylation sites (tertiary alicyclic amines) is 1. The van der Waals surface area contributed by atoms with Crippen LogP contribution >= 0.6 is 0 Å². The van der Waals surface area contributed by atoms with E-state index in [1.807, 2.05) is 78.9 Å². The summed E-state index contributed by atoms with van der Waals surface area (Å²) in [5.41, 5.74) is 4.78. The Kier molecular flexibility index (Phi) is 9.90. The third-order valence-electron chi connectivity index (χ3n) is 7.03. The number of hydrogen-bond donors (Lipinski definition) is 2. The Labute approximate surface area is 232 Å². The van der Waals surface area contributed by atoms with Gasteiger partial charge in [0.05, 0.1) is 5.69 Å². The summed E-state index contributed by atoms with van der Waals surface area (Å²) in [5, 5.41) is 6.40. The minimum atomic E-state index is -0.414. The summed E-state index contributed by atoms with van der Waals surface area (Å²) < 4.78 is 5.75. The van der Waals surface area contributed by atoms with Crippen LogP contribution in [0.2, 0.25) is 0 Å². The lowest BCUT2D eigenvalue weighted by Gasteiger charge is -2.31. The monoisotopic (exact) mass is 527 g/mol. The molecule has 6 nitrogen and oxygen atoms in total. The van der Waals surface area contributed by atoms with E-state index in [1.54, 1.807) is 0 Å². The third-order valence-corrected chi connectivity index (χ3v) is 7.03. The van der Waals surface area contributed by atoms with Gasteiger partial charge in [0, 0.05) is 42.7 Å². The van der Waals surface area contributed by atoms with Gasteiger partial charge in [-0.15, -0.1) is 0 Å². The van der Waals surface area contributed by atoms with E-state index in [0.717, 1.165) is 67.8 Å². The van der Waals surface area contributed by atoms with Gasteiger partial charge in [0.25, 0.3) is 0 Å². The second-order valence-corrected chi connectivity index (χ2v) is 11.3. The average Bonchev–Trinajstić information content (AvgIpc) is 2.93. The zero-order chi connectivity index (χ0) is 27.7. The number of nitrogens with one attached hydrogen (secondary N) is 2. The molecule has 0 aliphatic carbocycles. The molecule has 6 heteroatoms. The molecule has 206 valence electrons. The number of ether oxygens (including phenoxy) is 1. The fraction of sp³-hybridized carbons (Fsp3) is 0.394. The summed E-state index contributed by atoms with van der Waals surface area (Å²) >= 11 is 0. The van der Waals surface area contributed by atoms with Crippen molar-refractivity contribution in [3.63, 3.8) is 0 Å². The van der Waals surface area contributed by atoms with Crippen molar-refractivity contribution < 1.29 is 14.3 Å². The van der Waals surface area contributed by atoms with Gasteiger partial charge in [0.2, 0.25) is 0 Å². The molecule has 1 aliphatic heterocycles. The number of carbonyl (C=O) groups excluding carboxylic acids is 2. The molecule has 1 heterocycles. The zero-order valence-corrected chi connectivity index (χ0v) is 23.4. The molecule has 0 atom stereocenters. The number of amides is 1. The molecule has 3 aromatic carbocycles. The summed E-state index contributed by atoms with van der Waals surface area (Å²) in [4.78, 5) is 27.7. The number of ketones is 1. The predicted octanol–water partition coefficient (Wildman–Crippen LogP) is 6.92. The molecule has 4 rings (SSSR count). The van der Waals surface area contributed by atoms with E-state index in [2.05, 4.69) is 36.3 Å². The lowest BCUT2D eigenvalue weighted by molar-refractivity contribution is 0.0581. The van der Waals surface area contributed by atoms with Crippen molar-refractivity contribution in [1.29, 1.82) is 0 Å². The van der Waals surface area contributed by atoms with Crippen molar-refractivity contribution in [2.45, 2.75) is 64.6 Å². The molecule has 0 bridgehead atoms. The van der Waals surface area contributed by atoms with Crippen LogP contribution in [-0.4, -0.2) is 48.1 Å². The first-order valence-electron chi connectivity index (χ1n) is 14.0. The summed E-state index contributed by atoms with van der Waals surface area (Å²) in [6.07, 6.45) is 2.45. The molecule has 3 aromatic rings. The van der Waals surface area contributed by atoms with Crippen molar-refractivity contribution >= 4 is 17.6 Å². The zero-order valence-electron chi connectivity index (χ0n) is 23.4. The van der Waals surface area contributed by atoms with E-state index in [-0.39, 0.29) is 17.4 Å². The smallest absolute Gasteiger partial charge is 0.411 e. The van der Waals surface area contributed by atoms with Gasteiger partial charge in [0.15, 0.2) is 5.78 Å². The molecule has 0 radical (unpaired) electrons. The van der Waals surface area contributed by atoms with E-state index in [1.165, 1.54) is 5.56 Å². The number of nitrogens with zero attached hydrogens (tertiary/aromatic N) is 1. The van der Waals surface area contributed by atoms with Crippen LogP contribution in [0.1, 0.15) is 62.4 Å². The molecule has 0 aromatic heterocycles. The third kappa shape index (κ3) is 9.05. The van der Waals surface area contributed by atoms with Crippen molar-refractivity contribution in [2.75, 3.05) is 25.0 Å². The number of hydrogen-bond acceptors (Lipinski definition) is 5. The van der Waals surface area contributed by atoms with Gasteiger partial charge in [-0.25, -0.2) is 4.79 Å². The highest BCUT2D eigenvalue weighted by molar-refractivity contribution is 5.96. The Bertz CT molecular complexity index is 1210. The van der Waals surface area contributed by atoms with Crippen LogP contribution in [0.3, 0.4) is 0 Å². The number of Topliss-reactive ketones (excluding diaryl/α,β-unsaturated/α-hetero) is 1. The molecular weight excluding hydrogens is 486 g/mol.